The predicted molar refractivity (Wildman–Crippen MR) is 72.9 cm³/mol. The van der Waals surface area contributed by atoms with E-state index in [9.17, 15) is 4.79 Å². The average Bonchev–Trinajstić information content (AvgIpc) is 2.84. The zero-order chi connectivity index (χ0) is 11.8. The van der Waals surface area contributed by atoms with Crippen LogP contribution in [0.3, 0.4) is 0 Å². The van der Waals surface area contributed by atoms with E-state index in [4.69, 9.17) is 0 Å². The van der Waals surface area contributed by atoms with Crippen molar-refractivity contribution in [2.24, 2.45) is 0 Å². The summed E-state index contributed by atoms with van der Waals surface area (Å²) in [6.45, 7) is 2.26. The Hall–Kier alpha value is -1.36. The average molecular weight is 249 g/mol. The number of rotatable bonds is 2. The van der Waals surface area contributed by atoms with Crippen molar-refractivity contribution >= 4 is 28.5 Å². The molecule has 1 aliphatic rings. The monoisotopic (exact) mass is 249 g/mol. The minimum absolute atomic E-state index is 0.151. The molecule has 0 radical (unpaired) electrons. The van der Waals surface area contributed by atoms with E-state index in [1.807, 2.05) is 30.0 Å². The van der Waals surface area contributed by atoms with E-state index < -0.39 is 0 Å². The third kappa shape index (κ3) is 2.07. The topological polar surface area (TPSA) is 60.7 Å². The first-order valence-corrected chi connectivity index (χ1v) is 6.87. The maximum absolute atomic E-state index is 11.2. The number of hydrogen-bond acceptors (Lipinski definition) is 3. The van der Waals surface area contributed by atoms with Crippen LogP contribution in [0.15, 0.2) is 23.0 Å². The maximum atomic E-state index is 11.2. The van der Waals surface area contributed by atoms with E-state index >= 15 is 0 Å². The van der Waals surface area contributed by atoms with Crippen LogP contribution in [0.1, 0.15) is 13.3 Å². The van der Waals surface area contributed by atoms with Gasteiger partial charge in [-0.15, -0.1) is 0 Å². The second-order valence-electron chi connectivity index (χ2n) is 4.45. The van der Waals surface area contributed by atoms with Crippen molar-refractivity contribution in [1.29, 1.82) is 0 Å². The molecule has 3 N–H and O–H groups in total. The molecule has 0 spiro atoms. The molecule has 2 atom stereocenters. The molecule has 0 aliphatic carbocycles. The second kappa shape index (κ2) is 4.14. The minimum atomic E-state index is -0.151. The SMILES string of the molecule is CC1SCCC1Nc1ccc2[nH]c(=O)[nH]c2c1. The van der Waals surface area contributed by atoms with E-state index in [2.05, 4.69) is 22.2 Å². The minimum Gasteiger partial charge on any atom is -0.381 e. The van der Waals surface area contributed by atoms with Gasteiger partial charge in [-0.25, -0.2) is 4.79 Å². The first-order chi connectivity index (χ1) is 8.22. The fourth-order valence-corrected chi connectivity index (χ4v) is 3.46. The van der Waals surface area contributed by atoms with Gasteiger partial charge in [0.2, 0.25) is 0 Å². The van der Waals surface area contributed by atoms with Gasteiger partial charge in [0.15, 0.2) is 0 Å². The quantitative estimate of drug-likeness (QED) is 0.764. The summed E-state index contributed by atoms with van der Waals surface area (Å²) in [5, 5.41) is 4.18. The molecule has 2 heterocycles. The number of anilines is 1. The van der Waals surface area contributed by atoms with Crippen LogP contribution in [0.25, 0.3) is 11.0 Å². The first kappa shape index (κ1) is 10.8. The standard InChI is InChI=1S/C12H15N3OS/c1-7-9(4-5-17-7)13-8-2-3-10-11(6-8)15-12(16)14-10/h2-3,6-7,9,13H,4-5H2,1H3,(H2,14,15,16). The Balaban J connectivity index is 1.87. The number of hydrogen-bond donors (Lipinski definition) is 3. The Morgan fingerprint density at radius 3 is 2.94 bits per heavy atom. The van der Waals surface area contributed by atoms with Crippen molar-refractivity contribution in [3.63, 3.8) is 0 Å². The lowest BCUT2D eigenvalue weighted by atomic mass is 10.1. The highest BCUT2D eigenvalue weighted by Gasteiger charge is 2.23. The molecule has 0 bridgehead atoms. The molecule has 1 fully saturated rings. The van der Waals surface area contributed by atoms with Gasteiger partial charge in [0.1, 0.15) is 0 Å². The van der Waals surface area contributed by atoms with Crippen LogP contribution >= 0.6 is 11.8 Å². The lowest BCUT2D eigenvalue weighted by Crippen LogP contribution is -2.24. The number of fused-ring (bicyclic) bond motifs is 1. The molecule has 2 unspecified atom stereocenters. The molecule has 1 aromatic heterocycles. The fourth-order valence-electron chi connectivity index (χ4n) is 2.26. The molecule has 1 aromatic carbocycles. The highest BCUT2D eigenvalue weighted by Crippen LogP contribution is 2.29. The summed E-state index contributed by atoms with van der Waals surface area (Å²) in [5.41, 5.74) is 2.64. The Bertz CT molecular complexity index is 589. The summed E-state index contributed by atoms with van der Waals surface area (Å²) >= 11 is 2.01. The largest absolute Gasteiger partial charge is 0.381 e. The molecule has 90 valence electrons. The normalized spacial score (nSPS) is 24.3. The van der Waals surface area contributed by atoms with Crippen LogP contribution in [0.2, 0.25) is 0 Å². The van der Waals surface area contributed by atoms with Crippen LogP contribution in [0, 0.1) is 0 Å². The van der Waals surface area contributed by atoms with Gasteiger partial charge < -0.3 is 15.3 Å². The Morgan fingerprint density at radius 2 is 2.18 bits per heavy atom. The number of imidazole rings is 1. The van der Waals surface area contributed by atoms with Gasteiger partial charge in [0.25, 0.3) is 0 Å². The molecule has 1 aliphatic heterocycles. The molecule has 0 saturated carbocycles. The smallest absolute Gasteiger partial charge is 0.323 e. The highest BCUT2D eigenvalue weighted by atomic mass is 32.2. The number of aromatic nitrogens is 2. The van der Waals surface area contributed by atoms with Crippen molar-refractivity contribution in [1.82, 2.24) is 9.97 Å². The van der Waals surface area contributed by atoms with Gasteiger partial charge >= 0.3 is 5.69 Å². The van der Waals surface area contributed by atoms with E-state index in [1.54, 1.807) is 0 Å². The Labute approximate surface area is 103 Å². The van der Waals surface area contributed by atoms with E-state index in [0.29, 0.717) is 11.3 Å². The number of H-pyrrole nitrogens is 2. The number of thioether (sulfide) groups is 1. The van der Waals surface area contributed by atoms with E-state index in [0.717, 1.165) is 16.7 Å². The van der Waals surface area contributed by atoms with E-state index in [1.165, 1.54) is 12.2 Å². The van der Waals surface area contributed by atoms with Crippen molar-refractivity contribution < 1.29 is 0 Å². The summed E-state index contributed by atoms with van der Waals surface area (Å²) < 4.78 is 0. The van der Waals surface area contributed by atoms with Crippen LogP contribution in [0.4, 0.5) is 5.69 Å². The van der Waals surface area contributed by atoms with Gasteiger partial charge in [0, 0.05) is 17.0 Å². The summed E-state index contributed by atoms with van der Waals surface area (Å²) in [4.78, 5) is 16.7. The van der Waals surface area contributed by atoms with Crippen molar-refractivity contribution in [3.05, 3.63) is 28.7 Å². The zero-order valence-electron chi connectivity index (χ0n) is 9.62. The molecule has 17 heavy (non-hydrogen) atoms. The molecular formula is C12H15N3OS. The maximum Gasteiger partial charge on any atom is 0.323 e. The lowest BCUT2D eigenvalue weighted by Gasteiger charge is -2.17. The fraction of sp³-hybridized carbons (Fsp3) is 0.417. The lowest BCUT2D eigenvalue weighted by molar-refractivity contribution is 0.724. The predicted octanol–water partition coefficient (Wildman–Crippen LogP) is 2.16. The number of nitrogens with one attached hydrogen (secondary N) is 3. The van der Waals surface area contributed by atoms with Crippen molar-refractivity contribution in [2.45, 2.75) is 24.6 Å². The molecule has 1 saturated heterocycles. The van der Waals surface area contributed by atoms with E-state index in [-0.39, 0.29) is 5.69 Å². The van der Waals surface area contributed by atoms with Crippen LogP contribution in [0.5, 0.6) is 0 Å². The first-order valence-electron chi connectivity index (χ1n) is 5.82. The summed E-state index contributed by atoms with van der Waals surface area (Å²) in [6, 6.07) is 6.47. The zero-order valence-corrected chi connectivity index (χ0v) is 10.4. The molecule has 0 amide bonds. The molecule has 3 rings (SSSR count). The van der Waals surface area contributed by atoms with Gasteiger partial charge in [-0.1, -0.05) is 6.92 Å². The number of benzene rings is 1. The Kier molecular flexibility index (Phi) is 2.63. The summed E-state index contributed by atoms with van der Waals surface area (Å²) in [6.07, 6.45) is 1.20. The molecule has 2 aromatic rings. The van der Waals surface area contributed by atoms with Crippen molar-refractivity contribution in [2.75, 3.05) is 11.1 Å². The van der Waals surface area contributed by atoms with Gasteiger partial charge in [-0.3, -0.25) is 0 Å². The van der Waals surface area contributed by atoms with Gasteiger partial charge in [-0.05, 0) is 30.4 Å². The molecular weight excluding hydrogens is 234 g/mol. The molecule has 5 heteroatoms. The van der Waals surface area contributed by atoms with Gasteiger partial charge in [0.05, 0.1) is 11.0 Å². The van der Waals surface area contributed by atoms with Crippen LogP contribution in [-0.2, 0) is 0 Å². The van der Waals surface area contributed by atoms with Crippen molar-refractivity contribution in [3.8, 4) is 0 Å². The summed E-state index contributed by atoms with van der Waals surface area (Å²) in [7, 11) is 0. The van der Waals surface area contributed by atoms with Crippen LogP contribution in [-0.4, -0.2) is 27.0 Å². The Morgan fingerprint density at radius 1 is 1.35 bits per heavy atom. The third-order valence-corrected chi connectivity index (χ3v) is 4.57. The third-order valence-electron chi connectivity index (χ3n) is 3.24. The molecule has 4 nitrogen and oxygen atoms in total. The number of aromatic amines is 2. The highest BCUT2D eigenvalue weighted by molar-refractivity contribution is 8.00. The summed E-state index contributed by atoms with van der Waals surface area (Å²) in [5.74, 6) is 1.22. The second-order valence-corrected chi connectivity index (χ2v) is 5.94. The van der Waals surface area contributed by atoms with Crippen LogP contribution < -0.4 is 11.0 Å². The van der Waals surface area contributed by atoms with Gasteiger partial charge in [-0.2, -0.15) is 11.8 Å².